The van der Waals surface area contributed by atoms with Crippen molar-refractivity contribution in [3.63, 3.8) is 0 Å². The lowest BCUT2D eigenvalue weighted by atomic mass is 10.2. The quantitative estimate of drug-likeness (QED) is 0.599. The predicted octanol–water partition coefficient (Wildman–Crippen LogP) is 3.96. The van der Waals surface area contributed by atoms with Gasteiger partial charge in [-0.05, 0) is 56.3 Å². The highest BCUT2D eigenvalue weighted by atomic mass is 35.5. The lowest BCUT2D eigenvalue weighted by Crippen LogP contribution is -2.29. The Morgan fingerprint density at radius 3 is 2.37 bits per heavy atom. The Morgan fingerprint density at radius 1 is 1.03 bits per heavy atom. The van der Waals surface area contributed by atoms with Crippen molar-refractivity contribution < 1.29 is 13.2 Å². The Labute approximate surface area is 181 Å². The van der Waals surface area contributed by atoms with Crippen LogP contribution >= 0.6 is 11.6 Å². The molecule has 0 N–H and O–H groups in total. The number of pyridine rings is 1. The van der Waals surface area contributed by atoms with E-state index in [1.165, 1.54) is 29.8 Å². The van der Waals surface area contributed by atoms with Gasteiger partial charge in [-0.3, -0.25) is 18.7 Å². The summed E-state index contributed by atoms with van der Waals surface area (Å²) < 4.78 is 28.9. The van der Waals surface area contributed by atoms with Gasteiger partial charge in [-0.2, -0.15) is 0 Å². The van der Waals surface area contributed by atoms with Crippen molar-refractivity contribution >= 4 is 33.2 Å². The summed E-state index contributed by atoms with van der Waals surface area (Å²) in [6.07, 6.45) is 1.60. The van der Waals surface area contributed by atoms with E-state index in [1.54, 1.807) is 54.7 Å². The normalized spacial score (nSPS) is 12.2. The SMILES string of the molecule is CC(C)N=c1ccccn1C(=O)c1ccc(Cl)c(S(=O)(=O)N(C)c2ccccc2)c1. The summed E-state index contributed by atoms with van der Waals surface area (Å²) in [5.74, 6) is -0.398. The van der Waals surface area contributed by atoms with Crippen molar-refractivity contribution in [3.05, 3.63) is 89.0 Å². The first-order valence-corrected chi connectivity index (χ1v) is 11.1. The second-order valence-corrected chi connectivity index (χ2v) is 9.26. The standard InChI is InChI=1S/C22H22ClN3O3S/c1-16(2)24-21-11-7-8-14-26(21)22(27)17-12-13-19(23)20(15-17)30(28,29)25(3)18-9-5-4-6-10-18/h4-16H,1-3H3. The van der Waals surface area contributed by atoms with Gasteiger partial charge in [0.1, 0.15) is 10.4 Å². The fourth-order valence-electron chi connectivity index (χ4n) is 2.87. The number of nitrogens with zero attached hydrogens (tertiary/aromatic N) is 3. The Morgan fingerprint density at radius 2 is 1.70 bits per heavy atom. The first-order valence-electron chi connectivity index (χ1n) is 9.31. The largest absolute Gasteiger partial charge is 0.269 e. The van der Waals surface area contributed by atoms with Crippen LogP contribution in [0, 0.1) is 0 Å². The molecule has 0 unspecified atom stereocenters. The lowest BCUT2D eigenvalue weighted by Gasteiger charge is -2.20. The molecule has 1 aromatic heterocycles. The van der Waals surface area contributed by atoms with Crippen LogP contribution in [0.4, 0.5) is 5.69 Å². The van der Waals surface area contributed by atoms with Crippen molar-refractivity contribution in [1.82, 2.24) is 4.57 Å². The van der Waals surface area contributed by atoms with E-state index in [0.29, 0.717) is 11.2 Å². The molecule has 0 aliphatic heterocycles. The maximum atomic E-state index is 13.2. The third-order valence-electron chi connectivity index (χ3n) is 4.38. The van der Waals surface area contributed by atoms with E-state index >= 15 is 0 Å². The molecular formula is C22H22ClN3O3S. The molecule has 30 heavy (non-hydrogen) atoms. The summed E-state index contributed by atoms with van der Waals surface area (Å²) in [6.45, 7) is 3.82. The molecule has 0 bridgehead atoms. The van der Waals surface area contributed by atoms with E-state index in [1.807, 2.05) is 13.8 Å². The zero-order valence-electron chi connectivity index (χ0n) is 16.9. The number of para-hydroxylation sites is 1. The summed E-state index contributed by atoms with van der Waals surface area (Å²) in [6, 6.07) is 18.1. The molecular weight excluding hydrogens is 422 g/mol. The fraction of sp³-hybridized carbons (Fsp3) is 0.182. The number of halogens is 1. The number of aromatic nitrogens is 1. The molecule has 156 valence electrons. The van der Waals surface area contributed by atoms with Crippen molar-refractivity contribution in [2.45, 2.75) is 24.8 Å². The van der Waals surface area contributed by atoms with Crippen molar-refractivity contribution in [3.8, 4) is 0 Å². The van der Waals surface area contributed by atoms with Gasteiger partial charge in [0.05, 0.1) is 10.7 Å². The van der Waals surface area contributed by atoms with Crippen LogP contribution in [0.3, 0.4) is 0 Å². The highest BCUT2D eigenvalue weighted by Gasteiger charge is 2.25. The van der Waals surface area contributed by atoms with Crippen LogP contribution in [0.25, 0.3) is 0 Å². The number of carbonyl (C=O) groups is 1. The van der Waals surface area contributed by atoms with Crippen LogP contribution in [-0.4, -0.2) is 32.0 Å². The van der Waals surface area contributed by atoms with Gasteiger partial charge in [0.25, 0.3) is 15.9 Å². The first-order chi connectivity index (χ1) is 14.2. The van der Waals surface area contributed by atoms with E-state index < -0.39 is 15.9 Å². The molecule has 0 spiro atoms. The molecule has 3 aromatic rings. The average Bonchev–Trinajstić information content (AvgIpc) is 2.73. The summed E-state index contributed by atoms with van der Waals surface area (Å²) in [4.78, 5) is 17.4. The van der Waals surface area contributed by atoms with Gasteiger partial charge in [-0.1, -0.05) is 35.9 Å². The predicted molar refractivity (Wildman–Crippen MR) is 118 cm³/mol. The second-order valence-electron chi connectivity index (χ2n) is 6.91. The number of carbonyl (C=O) groups excluding carboxylic acids is 1. The van der Waals surface area contributed by atoms with E-state index in [4.69, 9.17) is 11.6 Å². The number of hydrogen-bond acceptors (Lipinski definition) is 4. The zero-order valence-corrected chi connectivity index (χ0v) is 18.4. The molecule has 0 fully saturated rings. The average molecular weight is 444 g/mol. The highest BCUT2D eigenvalue weighted by Crippen LogP contribution is 2.28. The molecule has 0 amide bonds. The molecule has 6 nitrogen and oxygen atoms in total. The molecule has 0 saturated heterocycles. The smallest absolute Gasteiger partial charge is 0.265 e. The van der Waals surface area contributed by atoms with Gasteiger partial charge in [-0.25, -0.2) is 8.42 Å². The third-order valence-corrected chi connectivity index (χ3v) is 6.65. The van der Waals surface area contributed by atoms with E-state index in [-0.39, 0.29) is 21.5 Å². The highest BCUT2D eigenvalue weighted by molar-refractivity contribution is 7.93. The minimum absolute atomic E-state index is 0.00729. The van der Waals surface area contributed by atoms with E-state index in [9.17, 15) is 13.2 Å². The molecule has 2 aromatic carbocycles. The molecule has 1 heterocycles. The monoisotopic (exact) mass is 443 g/mol. The minimum Gasteiger partial charge on any atom is -0.269 e. The molecule has 0 radical (unpaired) electrons. The Kier molecular flexibility index (Phi) is 6.43. The molecule has 0 atom stereocenters. The number of benzene rings is 2. The van der Waals surface area contributed by atoms with Gasteiger partial charge < -0.3 is 0 Å². The maximum absolute atomic E-state index is 13.2. The van der Waals surface area contributed by atoms with Crippen LogP contribution in [0.1, 0.15) is 24.2 Å². The van der Waals surface area contributed by atoms with Gasteiger partial charge in [0, 0.05) is 24.8 Å². The Balaban J connectivity index is 2.08. The van der Waals surface area contributed by atoms with Gasteiger partial charge in [-0.15, -0.1) is 0 Å². The number of anilines is 1. The van der Waals surface area contributed by atoms with Crippen LogP contribution in [0.5, 0.6) is 0 Å². The van der Waals surface area contributed by atoms with E-state index in [0.717, 1.165) is 4.31 Å². The molecule has 3 rings (SSSR count). The summed E-state index contributed by atoms with van der Waals surface area (Å²) in [5.41, 5.74) is 1.16. The Hall–Kier alpha value is -2.90. The zero-order chi connectivity index (χ0) is 21.9. The van der Waals surface area contributed by atoms with Crippen molar-refractivity contribution in [1.29, 1.82) is 0 Å². The topological polar surface area (TPSA) is 71.7 Å². The second kappa shape index (κ2) is 8.85. The minimum atomic E-state index is -3.97. The number of rotatable bonds is 5. The van der Waals surface area contributed by atoms with Crippen LogP contribution in [0.2, 0.25) is 5.02 Å². The van der Waals surface area contributed by atoms with Gasteiger partial charge >= 0.3 is 0 Å². The van der Waals surface area contributed by atoms with Crippen LogP contribution in [0.15, 0.2) is 82.8 Å². The van der Waals surface area contributed by atoms with Gasteiger partial charge in [0.15, 0.2) is 0 Å². The number of hydrogen-bond donors (Lipinski definition) is 0. The van der Waals surface area contributed by atoms with E-state index in [2.05, 4.69) is 4.99 Å². The Bertz CT molecular complexity index is 1240. The molecule has 8 heteroatoms. The summed E-state index contributed by atoms with van der Waals surface area (Å²) >= 11 is 6.22. The van der Waals surface area contributed by atoms with Crippen LogP contribution < -0.4 is 9.79 Å². The first kappa shape index (κ1) is 21.8. The fourth-order valence-corrected chi connectivity index (χ4v) is 4.57. The van der Waals surface area contributed by atoms with Crippen LogP contribution in [-0.2, 0) is 10.0 Å². The maximum Gasteiger partial charge on any atom is 0.265 e. The summed E-state index contributed by atoms with van der Waals surface area (Å²) in [5, 5.41) is 0.0412. The van der Waals surface area contributed by atoms with Gasteiger partial charge in [0.2, 0.25) is 0 Å². The van der Waals surface area contributed by atoms with Crippen molar-refractivity contribution in [2.75, 3.05) is 11.4 Å². The lowest BCUT2D eigenvalue weighted by molar-refractivity contribution is 0.0954. The number of sulfonamides is 1. The van der Waals surface area contributed by atoms with Crippen molar-refractivity contribution in [2.24, 2.45) is 4.99 Å². The molecule has 0 saturated carbocycles. The molecule has 0 aliphatic carbocycles. The summed E-state index contributed by atoms with van der Waals surface area (Å²) in [7, 11) is -2.53. The molecule has 0 aliphatic rings. The third kappa shape index (κ3) is 4.47.